The number of para-hydroxylation sites is 2. The molecule has 0 bridgehead atoms. The number of fused-ring (bicyclic) bond motifs is 3. The van der Waals surface area contributed by atoms with E-state index in [1.54, 1.807) is 4.90 Å². The van der Waals surface area contributed by atoms with Crippen LogP contribution >= 0.6 is 0 Å². The molecule has 0 atom stereocenters. The number of aryl methyl sites for hydroxylation is 1. The van der Waals surface area contributed by atoms with Crippen LogP contribution in [0.3, 0.4) is 0 Å². The SMILES string of the molecule is Cc1cc(N2CCN(C(=O)OC(C)(C)C)CC2)n2c(nc3ccccc32)c1CN. The zero-order chi connectivity index (χ0) is 20.8. The Morgan fingerprint density at radius 2 is 1.86 bits per heavy atom. The van der Waals surface area contributed by atoms with Gasteiger partial charge in [0.1, 0.15) is 17.1 Å². The number of amides is 1. The van der Waals surface area contributed by atoms with Crippen LogP contribution in [0.15, 0.2) is 30.3 Å². The average molecular weight is 396 g/mol. The van der Waals surface area contributed by atoms with E-state index >= 15 is 0 Å². The molecule has 2 N–H and O–H groups in total. The van der Waals surface area contributed by atoms with Gasteiger partial charge in [-0.2, -0.15) is 0 Å². The molecule has 1 aliphatic rings. The molecule has 1 aliphatic heterocycles. The lowest BCUT2D eigenvalue weighted by molar-refractivity contribution is 0.0240. The first kappa shape index (κ1) is 19.5. The Labute approximate surface area is 171 Å². The van der Waals surface area contributed by atoms with E-state index in [0.29, 0.717) is 19.6 Å². The van der Waals surface area contributed by atoms with Gasteiger partial charge in [0.2, 0.25) is 0 Å². The van der Waals surface area contributed by atoms with Gasteiger partial charge in [0, 0.05) is 38.3 Å². The highest BCUT2D eigenvalue weighted by Crippen LogP contribution is 2.29. The fraction of sp³-hybridized carbons (Fsp3) is 0.455. The summed E-state index contributed by atoms with van der Waals surface area (Å²) in [6, 6.07) is 10.3. The number of carbonyl (C=O) groups is 1. The van der Waals surface area contributed by atoms with Gasteiger partial charge in [0.05, 0.1) is 11.0 Å². The molecule has 0 radical (unpaired) electrons. The lowest BCUT2D eigenvalue weighted by Crippen LogP contribution is -2.50. The zero-order valence-corrected chi connectivity index (χ0v) is 17.6. The van der Waals surface area contributed by atoms with Gasteiger partial charge in [-0.1, -0.05) is 12.1 Å². The second kappa shape index (κ2) is 7.22. The van der Waals surface area contributed by atoms with E-state index in [1.807, 2.05) is 39.0 Å². The van der Waals surface area contributed by atoms with Crippen LogP contribution in [-0.4, -0.2) is 52.2 Å². The van der Waals surface area contributed by atoms with Gasteiger partial charge in [-0.25, -0.2) is 9.78 Å². The molecular formula is C22H29N5O2. The molecule has 1 saturated heterocycles. The molecule has 7 nitrogen and oxygen atoms in total. The molecule has 1 amide bonds. The number of anilines is 1. The number of hydrogen-bond acceptors (Lipinski definition) is 5. The summed E-state index contributed by atoms with van der Waals surface area (Å²) in [5, 5.41) is 0. The number of imidazole rings is 1. The van der Waals surface area contributed by atoms with Crippen molar-refractivity contribution >= 4 is 28.6 Å². The van der Waals surface area contributed by atoms with Gasteiger partial charge in [-0.3, -0.25) is 4.40 Å². The second-order valence-corrected chi connectivity index (χ2v) is 8.58. The standard InChI is InChI=1S/C22H29N5O2/c1-15-13-19(25-9-11-26(12-10-25)21(28)29-22(2,3)4)27-18-8-6-5-7-17(18)24-20(27)16(15)14-23/h5-8,13H,9-12,14,23H2,1-4H3. The highest BCUT2D eigenvalue weighted by atomic mass is 16.6. The van der Waals surface area contributed by atoms with Gasteiger partial charge < -0.3 is 20.3 Å². The lowest BCUT2D eigenvalue weighted by Gasteiger charge is -2.37. The molecule has 0 spiro atoms. The first-order chi connectivity index (χ1) is 13.8. The number of ether oxygens (including phenoxy) is 1. The minimum atomic E-state index is -0.481. The molecular weight excluding hydrogens is 366 g/mol. The summed E-state index contributed by atoms with van der Waals surface area (Å²) >= 11 is 0. The molecule has 1 aromatic carbocycles. The fourth-order valence-electron chi connectivity index (χ4n) is 3.91. The fourth-order valence-corrected chi connectivity index (χ4v) is 3.91. The van der Waals surface area contributed by atoms with Crippen LogP contribution in [0.25, 0.3) is 16.7 Å². The molecule has 154 valence electrons. The number of hydrogen-bond donors (Lipinski definition) is 1. The largest absolute Gasteiger partial charge is 0.444 e. The number of nitrogens with zero attached hydrogens (tertiary/aromatic N) is 4. The van der Waals surface area contributed by atoms with E-state index in [9.17, 15) is 4.79 Å². The number of rotatable bonds is 2. The van der Waals surface area contributed by atoms with Crippen molar-refractivity contribution < 1.29 is 9.53 Å². The number of piperazine rings is 1. The molecule has 3 aromatic rings. The minimum absolute atomic E-state index is 0.245. The maximum atomic E-state index is 12.4. The molecule has 0 unspecified atom stereocenters. The molecule has 2 aromatic heterocycles. The minimum Gasteiger partial charge on any atom is -0.444 e. The van der Waals surface area contributed by atoms with E-state index in [2.05, 4.69) is 28.4 Å². The first-order valence-electron chi connectivity index (χ1n) is 10.1. The quantitative estimate of drug-likeness (QED) is 0.720. The monoisotopic (exact) mass is 395 g/mol. The summed E-state index contributed by atoms with van der Waals surface area (Å²) in [6.07, 6.45) is -0.245. The second-order valence-electron chi connectivity index (χ2n) is 8.58. The Morgan fingerprint density at radius 1 is 1.17 bits per heavy atom. The Kier molecular flexibility index (Phi) is 4.86. The Balaban J connectivity index is 1.68. The number of aromatic nitrogens is 2. The van der Waals surface area contributed by atoms with Crippen molar-refractivity contribution in [2.75, 3.05) is 31.1 Å². The van der Waals surface area contributed by atoms with Crippen LogP contribution in [0.4, 0.5) is 10.6 Å². The highest BCUT2D eigenvalue weighted by molar-refractivity contribution is 5.84. The Hall–Kier alpha value is -2.80. The molecule has 0 saturated carbocycles. The summed E-state index contributed by atoms with van der Waals surface area (Å²) in [4.78, 5) is 21.4. The van der Waals surface area contributed by atoms with Crippen molar-refractivity contribution in [2.24, 2.45) is 5.73 Å². The summed E-state index contributed by atoms with van der Waals surface area (Å²) < 4.78 is 7.72. The Morgan fingerprint density at radius 3 is 2.52 bits per heavy atom. The van der Waals surface area contributed by atoms with Crippen LogP contribution in [0.2, 0.25) is 0 Å². The highest BCUT2D eigenvalue weighted by Gasteiger charge is 2.27. The molecule has 7 heteroatoms. The van der Waals surface area contributed by atoms with Crippen molar-refractivity contribution in [3.05, 3.63) is 41.5 Å². The summed E-state index contributed by atoms with van der Waals surface area (Å²) in [5.74, 6) is 1.09. The van der Waals surface area contributed by atoms with E-state index in [1.165, 1.54) is 0 Å². The molecule has 1 fully saturated rings. The number of carbonyl (C=O) groups excluding carboxylic acids is 1. The predicted octanol–water partition coefficient (Wildman–Crippen LogP) is 3.31. The third-order valence-corrected chi connectivity index (χ3v) is 5.34. The predicted molar refractivity (Wildman–Crippen MR) is 115 cm³/mol. The number of benzene rings is 1. The number of pyridine rings is 1. The first-order valence-corrected chi connectivity index (χ1v) is 10.1. The summed E-state index contributed by atoms with van der Waals surface area (Å²) in [5.41, 5.74) is 10.7. The average Bonchev–Trinajstić information content (AvgIpc) is 3.05. The zero-order valence-electron chi connectivity index (χ0n) is 17.6. The van der Waals surface area contributed by atoms with E-state index in [-0.39, 0.29) is 6.09 Å². The maximum absolute atomic E-state index is 12.4. The molecule has 0 aliphatic carbocycles. The van der Waals surface area contributed by atoms with Gasteiger partial charge in [0.15, 0.2) is 0 Å². The number of nitrogens with two attached hydrogens (primary N) is 1. The topological polar surface area (TPSA) is 76.1 Å². The smallest absolute Gasteiger partial charge is 0.410 e. The van der Waals surface area contributed by atoms with Crippen molar-refractivity contribution in [1.82, 2.24) is 14.3 Å². The molecule has 29 heavy (non-hydrogen) atoms. The van der Waals surface area contributed by atoms with Gasteiger partial charge in [-0.05, 0) is 51.5 Å². The summed E-state index contributed by atoms with van der Waals surface area (Å²) in [7, 11) is 0. The Bertz CT molecular complexity index is 1060. The third kappa shape index (κ3) is 3.62. The van der Waals surface area contributed by atoms with E-state index < -0.39 is 5.60 Å². The van der Waals surface area contributed by atoms with Crippen LogP contribution in [0, 0.1) is 6.92 Å². The van der Waals surface area contributed by atoms with E-state index in [0.717, 1.165) is 46.7 Å². The van der Waals surface area contributed by atoms with Crippen molar-refractivity contribution in [3.8, 4) is 0 Å². The van der Waals surface area contributed by atoms with Gasteiger partial charge in [-0.15, -0.1) is 0 Å². The van der Waals surface area contributed by atoms with Crippen molar-refractivity contribution in [1.29, 1.82) is 0 Å². The third-order valence-electron chi connectivity index (χ3n) is 5.34. The van der Waals surface area contributed by atoms with Crippen molar-refractivity contribution in [3.63, 3.8) is 0 Å². The van der Waals surface area contributed by atoms with E-state index in [4.69, 9.17) is 15.5 Å². The van der Waals surface area contributed by atoms with Crippen LogP contribution < -0.4 is 10.6 Å². The van der Waals surface area contributed by atoms with Gasteiger partial charge in [0.25, 0.3) is 0 Å². The van der Waals surface area contributed by atoms with Crippen LogP contribution in [0.5, 0.6) is 0 Å². The van der Waals surface area contributed by atoms with Crippen LogP contribution in [0.1, 0.15) is 31.9 Å². The van der Waals surface area contributed by atoms with Crippen molar-refractivity contribution in [2.45, 2.75) is 39.8 Å². The summed E-state index contributed by atoms with van der Waals surface area (Å²) in [6.45, 7) is 10.9. The molecule has 3 heterocycles. The maximum Gasteiger partial charge on any atom is 0.410 e. The lowest BCUT2D eigenvalue weighted by atomic mass is 10.1. The van der Waals surface area contributed by atoms with Crippen LogP contribution in [-0.2, 0) is 11.3 Å². The molecule has 4 rings (SSSR count). The van der Waals surface area contributed by atoms with Gasteiger partial charge >= 0.3 is 6.09 Å². The normalized spacial score (nSPS) is 15.3.